The summed E-state index contributed by atoms with van der Waals surface area (Å²) < 4.78 is 13.9. The molecule has 2 aromatic carbocycles. The molecule has 23 heteroatoms. The molecule has 2 aromatic rings. The summed E-state index contributed by atoms with van der Waals surface area (Å²) in [5.41, 5.74) is 12.0. The average molecular weight is 977 g/mol. The summed E-state index contributed by atoms with van der Waals surface area (Å²) in [6, 6.07) is 4.30. The number of primary amides is 1. The van der Waals surface area contributed by atoms with Gasteiger partial charge in [0.25, 0.3) is 0 Å². The molecule has 2 fully saturated rings. The van der Waals surface area contributed by atoms with Crippen molar-refractivity contribution in [3.05, 3.63) is 70.5 Å². The lowest BCUT2D eigenvalue weighted by Crippen LogP contribution is -2.61. The molecule has 0 saturated carbocycles. The zero-order valence-corrected chi connectivity index (χ0v) is 39.2. The van der Waals surface area contributed by atoms with Crippen LogP contribution in [0.4, 0.5) is 4.39 Å². The van der Waals surface area contributed by atoms with Crippen LogP contribution < -0.4 is 48.7 Å². The van der Waals surface area contributed by atoms with E-state index in [1.165, 1.54) is 52.7 Å². The first-order valence-corrected chi connectivity index (χ1v) is 24.2. The molecule has 2 aliphatic heterocycles. The Hall–Kier alpha value is -5.61. The van der Waals surface area contributed by atoms with E-state index in [1.54, 1.807) is 38.1 Å². The molecule has 2 saturated heterocycles. The minimum atomic E-state index is -1.60. The van der Waals surface area contributed by atoms with Crippen LogP contribution in [-0.2, 0) is 51.2 Å². The van der Waals surface area contributed by atoms with Gasteiger partial charge in [0.05, 0.1) is 12.3 Å². The molecular formula is C43H59ClFN11O8S2. The second-order valence-corrected chi connectivity index (χ2v) is 18.8. The average Bonchev–Trinajstić information content (AvgIpc) is 3.76. The number of rotatable bonds is 14. The Morgan fingerprint density at radius 1 is 0.788 bits per heavy atom. The standard InChI is InChI=1S/C43H59ClFN11O8S2/c1-24(2)36-41(63)53-31(20-34(46)57)38(60)54-32(42(64)56-23-66-22-33(56)40(62)49-15-3-4-16-50-43(47)48)21-65-17-5-6-35(58)51-29(18-25-7-11-27(44)12-8-25)37(59)52-30(39(61)55-36)19-26-9-13-28(45)14-10-26/h7-14,24,29-33,36H,3-6,15-23H2,1-2H3,(H2,46,57)(H,49,62)(H,51,58)(H,52,59)(H,53,63)(H,54,60)(H,55,61)(H4,47,48,50)/t29-,30-,31-,32-,33-,36-/m0/s1. The molecule has 8 amide bonds. The molecule has 0 spiro atoms. The van der Waals surface area contributed by atoms with Gasteiger partial charge in [-0.2, -0.15) is 11.8 Å². The molecule has 4 rings (SSSR count). The third-order valence-corrected chi connectivity index (χ3v) is 13.0. The number of carbonyl (C=O) groups is 8. The van der Waals surface area contributed by atoms with E-state index in [-0.39, 0.29) is 49.0 Å². The van der Waals surface area contributed by atoms with Gasteiger partial charge in [-0.05, 0) is 66.3 Å². The predicted octanol–water partition coefficient (Wildman–Crippen LogP) is 0.0277. The van der Waals surface area contributed by atoms with Crippen molar-refractivity contribution >= 4 is 88.3 Å². The second kappa shape index (κ2) is 26.5. The van der Waals surface area contributed by atoms with Crippen LogP contribution in [0, 0.1) is 17.1 Å². The van der Waals surface area contributed by atoms with Crippen LogP contribution in [-0.4, -0.2) is 131 Å². The summed E-state index contributed by atoms with van der Waals surface area (Å²) >= 11 is 8.69. The third-order valence-electron chi connectivity index (χ3n) is 10.6. The Morgan fingerprint density at radius 3 is 1.98 bits per heavy atom. The fraction of sp³-hybridized carbons (Fsp3) is 0.512. The molecule has 0 aromatic heterocycles. The van der Waals surface area contributed by atoms with E-state index in [0.717, 1.165) is 0 Å². The maximum Gasteiger partial charge on any atom is 0.247 e. The quantitative estimate of drug-likeness (QED) is 0.0682. The van der Waals surface area contributed by atoms with Gasteiger partial charge >= 0.3 is 0 Å². The maximum atomic E-state index is 14.3. The highest BCUT2D eigenvalue weighted by atomic mass is 35.5. The molecule has 0 unspecified atom stereocenters. The van der Waals surface area contributed by atoms with Gasteiger partial charge in [0.15, 0.2) is 5.96 Å². The first-order chi connectivity index (χ1) is 31.4. The van der Waals surface area contributed by atoms with E-state index in [2.05, 4.69) is 37.2 Å². The third kappa shape index (κ3) is 17.3. The number of amides is 8. The SMILES string of the molecule is CC(C)[C@@H]1NC(=O)[C@H](Cc2ccc(F)cc2)NC(=O)[C@H](Cc2ccc(Cl)cc2)NC(=O)CCCSC[C@@H](C(=O)N2CSC[C@H]2C(=O)NCCCCNC(=N)N)NC(=O)[C@H](CC(N)=O)NC1=O. The summed E-state index contributed by atoms with van der Waals surface area (Å²) in [6.07, 6.45) is 0.629. The monoisotopic (exact) mass is 975 g/mol. The van der Waals surface area contributed by atoms with Gasteiger partial charge in [-0.1, -0.05) is 49.7 Å². The number of benzene rings is 2. The van der Waals surface area contributed by atoms with E-state index >= 15 is 0 Å². The fourth-order valence-corrected chi connectivity index (χ4v) is 9.26. The van der Waals surface area contributed by atoms with Crippen LogP contribution in [0.2, 0.25) is 5.02 Å². The Labute approximate surface area is 396 Å². The van der Waals surface area contributed by atoms with Crippen LogP contribution in [0.3, 0.4) is 0 Å². The number of nitrogens with zero attached hydrogens (tertiary/aromatic N) is 1. The number of carbonyl (C=O) groups excluding carboxylic acids is 8. The highest BCUT2D eigenvalue weighted by Gasteiger charge is 2.40. The number of thioether (sulfide) groups is 2. The highest BCUT2D eigenvalue weighted by Crippen LogP contribution is 2.23. The van der Waals surface area contributed by atoms with Crippen molar-refractivity contribution in [1.29, 1.82) is 5.41 Å². The molecule has 360 valence electrons. The van der Waals surface area contributed by atoms with Crippen molar-refractivity contribution in [2.24, 2.45) is 17.4 Å². The molecule has 6 atom stereocenters. The largest absolute Gasteiger partial charge is 0.370 e. The van der Waals surface area contributed by atoms with Gasteiger partial charge < -0.3 is 53.6 Å². The van der Waals surface area contributed by atoms with Gasteiger partial charge in [0, 0.05) is 48.9 Å². The van der Waals surface area contributed by atoms with E-state index in [4.69, 9.17) is 28.5 Å². The lowest BCUT2D eigenvalue weighted by molar-refractivity contribution is -0.141. The predicted molar refractivity (Wildman–Crippen MR) is 250 cm³/mol. The first kappa shape index (κ1) is 53.0. The number of nitrogens with two attached hydrogens (primary N) is 2. The summed E-state index contributed by atoms with van der Waals surface area (Å²) in [6.45, 7) is 3.99. The van der Waals surface area contributed by atoms with Crippen molar-refractivity contribution < 1.29 is 42.7 Å². The number of unbranched alkanes of at least 4 members (excludes halogenated alkanes) is 1. The number of guanidine groups is 1. The number of hydrogen-bond donors (Lipinski definition) is 10. The van der Waals surface area contributed by atoms with Crippen molar-refractivity contribution in [2.45, 2.75) is 95.0 Å². The normalized spacial score (nSPS) is 22.8. The Morgan fingerprint density at radius 2 is 1.36 bits per heavy atom. The zero-order valence-electron chi connectivity index (χ0n) is 36.8. The number of halogens is 2. The molecule has 66 heavy (non-hydrogen) atoms. The minimum absolute atomic E-state index is 0.0164. The van der Waals surface area contributed by atoms with Gasteiger partial charge in [-0.3, -0.25) is 43.8 Å². The zero-order chi connectivity index (χ0) is 48.3. The van der Waals surface area contributed by atoms with Crippen LogP contribution in [0.15, 0.2) is 48.5 Å². The summed E-state index contributed by atoms with van der Waals surface area (Å²) in [5.74, 6) is -6.36. The molecule has 19 nitrogen and oxygen atoms in total. The molecule has 2 heterocycles. The summed E-state index contributed by atoms with van der Waals surface area (Å²) in [4.78, 5) is 111. The van der Waals surface area contributed by atoms with Gasteiger partial charge in [0.1, 0.15) is 42.1 Å². The van der Waals surface area contributed by atoms with E-state index in [1.807, 2.05) is 0 Å². The Bertz CT molecular complexity index is 2050. The summed E-state index contributed by atoms with van der Waals surface area (Å²) in [7, 11) is 0. The molecule has 12 N–H and O–H groups in total. The Balaban J connectivity index is 1.63. The molecule has 0 aliphatic carbocycles. The van der Waals surface area contributed by atoms with Crippen molar-refractivity contribution in [3.63, 3.8) is 0 Å². The second-order valence-electron chi connectivity index (χ2n) is 16.2. The Kier molecular flexibility index (Phi) is 21.3. The topological polar surface area (TPSA) is 300 Å². The first-order valence-electron chi connectivity index (χ1n) is 21.5. The van der Waals surface area contributed by atoms with E-state index in [9.17, 15) is 42.7 Å². The van der Waals surface area contributed by atoms with Gasteiger partial charge in [-0.15, -0.1) is 11.8 Å². The lowest BCUT2D eigenvalue weighted by atomic mass is 9.99. The van der Waals surface area contributed by atoms with Gasteiger partial charge in [-0.25, -0.2) is 4.39 Å². The maximum absolute atomic E-state index is 14.3. The smallest absolute Gasteiger partial charge is 0.247 e. The van der Waals surface area contributed by atoms with Crippen LogP contribution in [0.1, 0.15) is 57.1 Å². The van der Waals surface area contributed by atoms with Crippen molar-refractivity contribution in [3.8, 4) is 0 Å². The molecule has 0 bridgehead atoms. The van der Waals surface area contributed by atoms with E-state index in [0.29, 0.717) is 47.8 Å². The van der Waals surface area contributed by atoms with Crippen LogP contribution in [0.25, 0.3) is 0 Å². The molecule has 0 radical (unpaired) electrons. The van der Waals surface area contributed by atoms with E-state index < -0.39 is 102 Å². The van der Waals surface area contributed by atoms with Gasteiger partial charge in [0.2, 0.25) is 47.3 Å². The summed E-state index contributed by atoms with van der Waals surface area (Å²) in [5, 5.41) is 26.6. The minimum Gasteiger partial charge on any atom is -0.370 e. The highest BCUT2D eigenvalue weighted by molar-refractivity contribution is 7.99. The molecular weight excluding hydrogens is 917 g/mol. The van der Waals surface area contributed by atoms with Crippen molar-refractivity contribution in [2.75, 3.05) is 36.2 Å². The molecule has 2 aliphatic rings. The fourth-order valence-electron chi connectivity index (χ4n) is 6.99. The van der Waals surface area contributed by atoms with Crippen LogP contribution >= 0.6 is 35.1 Å². The number of hydrogen-bond acceptors (Lipinski definition) is 11. The lowest BCUT2D eigenvalue weighted by Gasteiger charge is -2.30. The van der Waals surface area contributed by atoms with Crippen molar-refractivity contribution in [1.82, 2.24) is 42.1 Å². The van der Waals surface area contributed by atoms with Crippen LogP contribution in [0.5, 0.6) is 0 Å². The number of nitrogens with one attached hydrogen (secondary N) is 8.